The highest BCUT2D eigenvalue weighted by Crippen LogP contribution is 2.39. The molecule has 1 heterocycles. The summed E-state index contributed by atoms with van der Waals surface area (Å²) in [5.41, 5.74) is 0.416. The monoisotopic (exact) mass is 325 g/mol. The molecule has 1 fully saturated rings. The van der Waals surface area contributed by atoms with Crippen LogP contribution in [-0.4, -0.2) is 29.1 Å². The average molecular weight is 325 g/mol. The summed E-state index contributed by atoms with van der Waals surface area (Å²) in [4.78, 5) is 2.63. The lowest BCUT2D eigenvalue weighted by Gasteiger charge is -2.42. The molecule has 0 N–H and O–H groups in total. The van der Waals surface area contributed by atoms with E-state index in [4.69, 9.17) is 4.74 Å². The second-order valence-corrected chi connectivity index (χ2v) is 9.16. The third-order valence-electron chi connectivity index (χ3n) is 5.17. The van der Waals surface area contributed by atoms with Gasteiger partial charge in [-0.2, -0.15) is 0 Å². The Hall–Kier alpha value is -1.54. The van der Waals surface area contributed by atoms with Crippen molar-refractivity contribution in [1.29, 1.82) is 0 Å². The number of hydrogen-bond acceptors (Lipinski definition) is 2. The summed E-state index contributed by atoms with van der Waals surface area (Å²) in [5, 5.41) is 2.45. The van der Waals surface area contributed by atoms with Gasteiger partial charge in [0.15, 0.2) is 0 Å². The minimum Gasteiger partial charge on any atom is -0.488 e. The van der Waals surface area contributed by atoms with Crippen molar-refractivity contribution in [3.05, 3.63) is 42.5 Å². The number of fused-ring (bicyclic) bond motifs is 1. The van der Waals surface area contributed by atoms with E-state index in [-0.39, 0.29) is 17.1 Å². The first-order valence-corrected chi connectivity index (χ1v) is 9.07. The standard InChI is InChI=1S/C22H31NO/c1-21(2,3)20-14-17(15-23(20)22(4,5)6)24-19-13-9-11-16-10-7-8-12-18(16)19/h7-13,17,20H,14-15H2,1-6H3. The van der Waals surface area contributed by atoms with E-state index in [2.05, 4.69) is 88.9 Å². The molecule has 0 aliphatic carbocycles. The predicted molar refractivity (Wildman–Crippen MR) is 103 cm³/mol. The molecule has 3 rings (SSSR count). The zero-order valence-electron chi connectivity index (χ0n) is 16.0. The Labute approximate surface area is 146 Å². The van der Waals surface area contributed by atoms with Crippen LogP contribution in [0, 0.1) is 5.41 Å². The number of hydrogen-bond donors (Lipinski definition) is 0. The van der Waals surface area contributed by atoms with Crippen molar-refractivity contribution in [3.63, 3.8) is 0 Å². The minimum atomic E-state index is 0.162. The first-order chi connectivity index (χ1) is 11.2. The van der Waals surface area contributed by atoms with Gasteiger partial charge in [0.05, 0.1) is 0 Å². The van der Waals surface area contributed by atoms with Crippen molar-refractivity contribution in [2.75, 3.05) is 6.54 Å². The quantitative estimate of drug-likeness (QED) is 0.722. The minimum absolute atomic E-state index is 0.162. The molecule has 2 aromatic carbocycles. The fourth-order valence-corrected chi connectivity index (χ4v) is 3.92. The van der Waals surface area contributed by atoms with E-state index in [9.17, 15) is 0 Å². The highest BCUT2D eigenvalue weighted by atomic mass is 16.5. The molecule has 130 valence electrons. The second-order valence-electron chi connectivity index (χ2n) is 9.16. The van der Waals surface area contributed by atoms with Crippen molar-refractivity contribution in [2.45, 2.75) is 65.6 Å². The largest absolute Gasteiger partial charge is 0.488 e. The van der Waals surface area contributed by atoms with E-state index in [0.717, 1.165) is 18.7 Å². The first kappa shape index (κ1) is 17.3. The molecule has 0 aromatic heterocycles. The van der Waals surface area contributed by atoms with E-state index in [1.165, 1.54) is 10.8 Å². The maximum atomic E-state index is 6.50. The van der Waals surface area contributed by atoms with Gasteiger partial charge in [-0.25, -0.2) is 0 Å². The summed E-state index contributed by atoms with van der Waals surface area (Å²) in [7, 11) is 0. The molecule has 1 aliphatic rings. The van der Waals surface area contributed by atoms with Crippen molar-refractivity contribution in [3.8, 4) is 5.75 Å². The Morgan fingerprint density at radius 3 is 2.21 bits per heavy atom. The summed E-state index contributed by atoms with van der Waals surface area (Å²) in [6, 6.07) is 15.4. The van der Waals surface area contributed by atoms with Crippen molar-refractivity contribution in [2.24, 2.45) is 5.41 Å². The first-order valence-electron chi connectivity index (χ1n) is 9.07. The van der Waals surface area contributed by atoms with Gasteiger partial charge in [0.1, 0.15) is 11.9 Å². The van der Waals surface area contributed by atoms with Crippen LogP contribution in [0.1, 0.15) is 48.0 Å². The third kappa shape index (κ3) is 3.44. The predicted octanol–water partition coefficient (Wildman–Crippen LogP) is 5.51. The molecule has 1 aliphatic heterocycles. The molecule has 2 heteroatoms. The van der Waals surface area contributed by atoms with Crippen LogP contribution in [-0.2, 0) is 0 Å². The molecule has 2 nitrogen and oxygen atoms in total. The third-order valence-corrected chi connectivity index (χ3v) is 5.17. The number of nitrogens with zero attached hydrogens (tertiary/aromatic N) is 1. The van der Waals surface area contributed by atoms with Crippen LogP contribution in [0.5, 0.6) is 5.75 Å². The highest BCUT2D eigenvalue weighted by molar-refractivity contribution is 5.88. The molecule has 2 aromatic rings. The summed E-state index contributed by atoms with van der Waals surface area (Å²) in [6.07, 6.45) is 1.34. The molecular formula is C22H31NO. The van der Waals surface area contributed by atoms with E-state index in [1.807, 2.05) is 0 Å². The lowest BCUT2D eigenvalue weighted by Crippen LogP contribution is -2.49. The van der Waals surface area contributed by atoms with Gasteiger partial charge < -0.3 is 4.74 Å². The Morgan fingerprint density at radius 2 is 1.58 bits per heavy atom. The summed E-state index contributed by atoms with van der Waals surface area (Å²) in [6.45, 7) is 15.0. The van der Waals surface area contributed by atoms with Gasteiger partial charge in [0.25, 0.3) is 0 Å². The molecule has 2 unspecified atom stereocenters. The Balaban J connectivity index is 1.86. The van der Waals surface area contributed by atoms with Crippen molar-refractivity contribution in [1.82, 2.24) is 4.90 Å². The van der Waals surface area contributed by atoms with Gasteiger partial charge in [0, 0.05) is 29.9 Å². The molecular weight excluding hydrogens is 294 g/mol. The summed E-state index contributed by atoms with van der Waals surface area (Å²) < 4.78 is 6.50. The lowest BCUT2D eigenvalue weighted by molar-refractivity contribution is 0.0559. The molecule has 0 radical (unpaired) electrons. The van der Waals surface area contributed by atoms with Gasteiger partial charge in [0.2, 0.25) is 0 Å². The maximum absolute atomic E-state index is 6.50. The molecule has 0 amide bonds. The zero-order chi connectivity index (χ0) is 17.5. The van der Waals surface area contributed by atoms with E-state index in [1.54, 1.807) is 0 Å². The Kier molecular flexibility index (Phi) is 4.37. The average Bonchev–Trinajstić information content (AvgIpc) is 2.92. The summed E-state index contributed by atoms with van der Waals surface area (Å²) in [5.74, 6) is 1.02. The molecule has 1 saturated heterocycles. The van der Waals surface area contributed by atoms with Crippen LogP contribution in [0.15, 0.2) is 42.5 Å². The topological polar surface area (TPSA) is 12.5 Å². The number of rotatable bonds is 2. The van der Waals surface area contributed by atoms with Crippen molar-refractivity contribution < 1.29 is 4.74 Å². The molecule has 0 spiro atoms. The number of ether oxygens (including phenoxy) is 1. The van der Waals surface area contributed by atoms with E-state index in [0.29, 0.717) is 6.04 Å². The normalized spacial score (nSPS) is 22.9. The SMILES string of the molecule is CC(C)(C)C1CC(Oc2cccc3ccccc23)CN1C(C)(C)C. The van der Waals surface area contributed by atoms with Gasteiger partial charge in [-0.15, -0.1) is 0 Å². The molecule has 0 bridgehead atoms. The summed E-state index contributed by atoms with van der Waals surface area (Å²) >= 11 is 0. The Bertz CT molecular complexity index is 680. The van der Waals surface area contributed by atoms with Crippen LogP contribution in [0.3, 0.4) is 0 Å². The number of benzene rings is 2. The van der Waals surface area contributed by atoms with E-state index < -0.39 is 0 Å². The van der Waals surface area contributed by atoms with Crippen LogP contribution in [0.4, 0.5) is 0 Å². The van der Waals surface area contributed by atoms with Gasteiger partial charge in [-0.1, -0.05) is 57.2 Å². The van der Waals surface area contributed by atoms with Crippen LogP contribution < -0.4 is 4.74 Å². The van der Waals surface area contributed by atoms with Gasteiger partial charge in [-0.05, 0) is 37.6 Å². The highest BCUT2D eigenvalue weighted by Gasteiger charge is 2.44. The molecule has 0 saturated carbocycles. The van der Waals surface area contributed by atoms with Crippen molar-refractivity contribution >= 4 is 10.8 Å². The van der Waals surface area contributed by atoms with Gasteiger partial charge >= 0.3 is 0 Å². The second kappa shape index (κ2) is 6.07. The number of likely N-dealkylation sites (tertiary alicyclic amines) is 1. The lowest BCUT2D eigenvalue weighted by atomic mass is 9.83. The fourth-order valence-electron chi connectivity index (χ4n) is 3.92. The maximum Gasteiger partial charge on any atom is 0.127 e. The van der Waals surface area contributed by atoms with Crippen LogP contribution >= 0.6 is 0 Å². The Morgan fingerprint density at radius 1 is 0.917 bits per heavy atom. The van der Waals surface area contributed by atoms with Crippen LogP contribution in [0.25, 0.3) is 10.8 Å². The fraction of sp³-hybridized carbons (Fsp3) is 0.545. The molecule has 2 atom stereocenters. The zero-order valence-corrected chi connectivity index (χ0v) is 16.0. The smallest absolute Gasteiger partial charge is 0.127 e. The van der Waals surface area contributed by atoms with E-state index >= 15 is 0 Å². The van der Waals surface area contributed by atoms with Crippen LogP contribution in [0.2, 0.25) is 0 Å². The van der Waals surface area contributed by atoms with Gasteiger partial charge in [-0.3, -0.25) is 4.90 Å². The molecule has 24 heavy (non-hydrogen) atoms.